The maximum Gasteiger partial charge on any atom is 0.343 e. The first-order chi connectivity index (χ1) is 13.1. The number of aliphatic hydroxyl groups is 2. The average molecular weight is 376 g/mol. The van der Waals surface area contributed by atoms with Gasteiger partial charge < -0.3 is 19.8 Å². The minimum atomic E-state index is -1.54. The first-order valence-electron chi connectivity index (χ1n) is 10.4. The van der Waals surface area contributed by atoms with E-state index in [0.29, 0.717) is 18.2 Å². The van der Waals surface area contributed by atoms with Crippen LogP contribution in [0.15, 0.2) is 30.3 Å². The molecule has 1 atom stereocenters. The van der Waals surface area contributed by atoms with Gasteiger partial charge >= 0.3 is 5.97 Å². The summed E-state index contributed by atoms with van der Waals surface area (Å²) in [6.45, 7) is 0.835. The maximum atomic E-state index is 13.1. The molecule has 1 aromatic rings. The van der Waals surface area contributed by atoms with Crippen LogP contribution in [-0.2, 0) is 15.1 Å². The summed E-state index contributed by atoms with van der Waals surface area (Å²) in [7, 11) is 2.03. The predicted molar refractivity (Wildman–Crippen MR) is 104 cm³/mol. The largest absolute Gasteiger partial charge is 0.460 e. The van der Waals surface area contributed by atoms with E-state index >= 15 is 0 Å². The highest BCUT2D eigenvalue weighted by Gasteiger charge is 2.48. The van der Waals surface area contributed by atoms with Crippen molar-refractivity contribution in [1.29, 1.82) is 0 Å². The molecule has 0 spiro atoms. The molecule has 5 heteroatoms. The number of carbonyl (C=O) groups is 1. The fourth-order valence-corrected chi connectivity index (χ4v) is 4.74. The lowest BCUT2D eigenvalue weighted by atomic mass is 9.80. The van der Waals surface area contributed by atoms with Gasteiger partial charge in [0.25, 0.3) is 0 Å². The van der Waals surface area contributed by atoms with E-state index in [1.165, 1.54) is 0 Å². The van der Waals surface area contributed by atoms with Gasteiger partial charge in [0.1, 0.15) is 6.10 Å². The van der Waals surface area contributed by atoms with Crippen LogP contribution in [0.4, 0.5) is 0 Å². The molecule has 3 rings (SSSR count). The van der Waals surface area contributed by atoms with E-state index in [1.54, 1.807) is 0 Å². The van der Waals surface area contributed by atoms with Crippen molar-refractivity contribution in [2.45, 2.75) is 69.1 Å². The number of nitrogens with zero attached hydrogens (tertiary/aromatic N) is 1. The van der Waals surface area contributed by atoms with Crippen LogP contribution >= 0.6 is 0 Å². The number of benzene rings is 1. The molecule has 2 aliphatic rings. The minimum absolute atomic E-state index is 0.0700. The van der Waals surface area contributed by atoms with Crippen molar-refractivity contribution in [3.05, 3.63) is 35.9 Å². The van der Waals surface area contributed by atoms with E-state index in [-0.39, 0.29) is 18.6 Å². The van der Waals surface area contributed by atoms with Crippen LogP contribution in [0.3, 0.4) is 0 Å². The van der Waals surface area contributed by atoms with Crippen molar-refractivity contribution < 1.29 is 19.7 Å². The summed E-state index contributed by atoms with van der Waals surface area (Å²) in [5.41, 5.74) is -0.888. The number of aliphatic hydroxyl groups excluding tert-OH is 1. The Bertz CT molecular complexity index is 594. The van der Waals surface area contributed by atoms with Gasteiger partial charge in [-0.25, -0.2) is 4.79 Å². The van der Waals surface area contributed by atoms with Gasteiger partial charge in [-0.15, -0.1) is 0 Å². The number of carbonyl (C=O) groups excluding carboxylic acids is 1. The van der Waals surface area contributed by atoms with Gasteiger partial charge in [-0.3, -0.25) is 0 Å². The molecule has 2 aliphatic carbocycles. The van der Waals surface area contributed by atoms with Crippen LogP contribution in [-0.4, -0.2) is 53.4 Å². The van der Waals surface area contributed by atoms with Crippen LogP contribution in [0.5, 0.6) is 0 Å². The van der Waals surface area contributed by atoms with E-state index in [1.807, 2.05) is 37.4 Å². The zero-order valence-electron chi connectivity index (χ0n) is 16.3. The highest BCUT2D eigenvalue weighted by Crippen LogP contribution is 2.42. The fourth-order valence-electron chi connectivity index (χ4n) is 4.74. The van der Waals surface area contributed by atoms with Crippen molar-refractivity contribution in [3.8, 4) is 0 Å². The molecule has 2 N–H and O–H groups in total. The molecule has 5 nitrogen and oxygen atoms in total. The Morgan fingerprint density at radius 2 is 1.74 bits per heavy atom. The van der Waals surface area contributed by atoms with Crippen LogP contribution in [0.2, 0.25) is 0 Å². The SMILES string of the molecule is CN(CCO)C1CCC(OC(=O)[C@](O)(c2ccccc2)C2CCCC2)CC1. The second kappa shape index (κ2) is 9.18. The summed E-state index contributed by atoms with van der Waals surface area (Å²) in [6.07, 6.45) is 7.20. The molecule has 2 saturated carbocycles. The van der Waals surface area contributed by atoms with Crippen LogP contribution in [0.1, 0.15) is 56.9 Å². The third-order valence-corrected chi connectivity index (χ3v) is 6.46. The van der Waals surface area contributed by atoms with E-state index in [0.717, 1.165) is 51.4 Å². The molecule has 150 valence electrons. The molecule has 0 aromatic heterocycles. The zero-order chi connectivity index (χ0) is 19.3. The number of hydrogen-bond acceptors (Lipinski definition) is 5. The smallest absolute Gasteiger partial charge is 0.343 e. The number of likely N-dealkylation sites (N-methyl/N-ethyl adjacent to an activating group) is 1. The van der Waals surface area contributed by atoms with Crippen molar-refractivity contribution in [2.24, 2.45) is 5.92 Å². The lowest BCUT2D eigenvalue weighted by Gasteiger charge is -2.37. The lowest BCUT2D eigenvalue weighted by Crippen LogP contribution is -2.46. The van der Waals surface area contributed by atoms with Gasteiger partial charge in [-0.05, 0) is 51.1 Å². The van der Waals surface area contributed by atoms with Gasteiger partial charge in [-0.1, -0.05) is 43.2 Å². The molecule has 0 amide bonds. The Morgan fingerprint density at radius 1 is 1.11 bits per heavy atom. The molecule has 0 radical (unpaired) electrons. The average Bonchev–Trinajstić information content (AvgIpc) is 3.24. The molecule has 2 fully saturated rings. The van der Waals surface area contributed by atoms with Gasteiger partial charge in [0.15, 0.2) is 5.60 Å². The predicted octanol–water partition coefficient (Wildman–Crippen LogP) is 2.84. The first kappa shape index (κ1) is 20.3. The van der Waals surface area contributed by atoms with E-state index in [2.05, 4.69) is 4.90 Å². The third-order valence-electron chi connectivity index (χ3n) is 6.46. The van der Waals surface area contributed by atoms with E-state index < -0.39 is 11.6 Å². The van der Waals surface area contributed by atoms with Crippen molar-refractivity contribution in [3.63, 3.8) is 0 Å². The summed E-state index contributed by atoms with van der Waals surface area (Å²) < 4.78 is 5.85. The fraction of sp³-hybridized carbons (Fsp3) is 0.682. The number of ether oxygens (including phenoxy) is 1. The Balaban J connectivity index is 1.66. The van der Waals surface area contributed by atoms with Gasteiger partial charge in [0, 0.05) is 18.5 Å². The van der Waals surface area contributed by atoms with Crippen LogP contribution in [0, 0.1) is 5.92 Å². The Labute approximate surface area is 162 Å². The van der Waals surface area contributed by atoms with Crippen molar-refractivity contribution in [2.75, 3.05) is 20.2 Å². The zero-order valence-corrected chi connectivity index (χ0v) is 16.3. The van der Waals surface area contributed by atoms with E-state index in [4.69, 9.17) is 9.84 Å². The van der Waals surface area contributed by atoms with Gasteiger partial charge in [-0.2, -0.15) is 0 Å². The molecule has 0 bridgehead atoms. The van der Waals surface area contributed by atoms with Crippen molar-refractivity contribution >= 4 is 5.97 Å². The third kappa shape index (κ3) is 4.53. The quantitative estimate of drug-likeness (QED) is 0.717. The minimum Gasteiger partial charge on any atom is -0.460 e. The van der Waals surface area contributed by atoms with E-state index in [9.17, 15) is 9.90 Å². The number of rotatable bonds is 7. The molecule has 1 aromatic carbocycles. The molecule has 0 unspecified atom stereocenters. The molecular weight excluding hydrogens is 342 g/mol. The normalized spacial score (nSPS) is 26.1. The topological polar surface area (TPSA) is 70.0 Å². The summed E-state index contributed by atoms with van der Waals surface area (Å²) >= 11 is 0. The summed E-state index contributed by atoms with van der Waals surface area (Å²) in [4.78, 5) is 15.3. The molecule has 27 heavy (non-hydrogen) atoms. The Hall–Kier alpha value is -1.43. The summed E-state index contributed by atoms with van der Waals surface area (Å²) in [6, 6.07) is 9.72. The monoisotopic (exact) mass is 375 g/mol. The highest BCUT2D eigenvalue weighted by atomic mass is 16.6. The second-order valence-electron chi connectivity index (χ2n) is 8.15. The molecular formula is C22H33NO4. The second-order valence-corrected chi connectivity index (χ2v) is 8.15. The van der Waals surface area contributed by atoms with Gasteiger partial charge in [0.2, 0.25) is 0 Å². The standard InChI is InChI=1S/C22H33NO4/c1-23(15-16-24)19-11-13-20(14-12-19)27-21(25)22(26,18-9-5-6-10-18)17-7-3-2-4-8-17/h2-4,7-8,18-20,24,26H,5-6,9-16H2,1H3/t19?,20?,22-/m0/s1. The molecule has 0 saturated heterocycles. The lowest BCUT2D eigenvalue weighted by molar-refractivity contribution is -0.181. The molecule has 0 aliphatic heterocycles. The van der Waals surface area contributed by atoms with Gasteiger partial charge in [0.05, 0.1) is 6.61 Å². The molecule has 0 heterocycles. The Morgan fingerprint density at radius 3 is 2.33 bits per heavy atom. The number of esters is 1. The van der Waals surface area contributed by atoms with Crippen LogP contribution in [0.25, 0.3) is 0 Å². The van der Waals surface area contributed by atoms with Crippen LogP contribution < -0.4 is 0 Å². The summed E-state index contributed by atoms with van der Waals surface area (Å²) in [5.74, 6) is -0.549. The maximum absolute atomic E-state index is 13.1. The summed E-state index contributed by atoms with van der Waals surface area (Å²) in [5, 5.41) is 20.6. The Kier molecular flexibility index (Phi) is 6.90. The van der Waals surface area contributed by atoms with Crippen molar-refractivity contribution in [1.82, 2.24) is 4.90 Å². The first-order valence-corrected chi connectivity index (χ1v) is 10.4. The highest BCUT2D eigenvalue weighted by molar-refractivity contribution is 5.81. The number of hydrogen-bond donors (Lipinski definition) is 2.